The van der Waals surface area contributed by atoms with Gasteiger partial charge < -0.3 is 0 Å². The summed E-state index contributed by atoms with van der Waals surface area (Å²) in [5.74, 6) is 0. The van der Waals surface area contributed by atoms with Crippen LogP contribution in [-0.4, -0.2) is 38.2 Å². The first-order valence-electron chi connectivity index (χ1n) is 4.73. The van der Waals surface area contributed by atoms with Gasteiger partial charge in [0.25, 0.3) is 10.2 Å². The van der Waals surface area contributed by atoms with Gasteiger partial charge in [0.15, 0.2) is 0 Å². The molecule has 0 saturated carbocycles. The van der Waals surface area contributed by atoms with Crippen molar-refractivity contribution in [2.24, 2.45) is 0 Å². The Hall–Kier alpha value is -0.620. The quantitative estimate of drug-likeness (QED) is 0.827. The molecule has 0 radical (unpaired) electrons. The molecule has 0 unspecified atom stereocenters. The maximum atomic E-state index is 11.8. The lowest BCUT2D eigenvalue weighted by Crippen LogP contribution is -2.36. The molecule has 0 aromatic heterocycles. The van der Waals surface area contributed by atoms with Crippen molar-refractivity contribution < 1.29 is 8.42 Å². The fourth-order valence-electron chi connectivity index (χ4n) is 1.23. The highest BCUT2D eigenvalue weighted by molar-refractivity contribution is 7.86. The van der Waals surface area contributed by atoms with Crippen LogP contribution in [0.25, 0.3) is 0 Å². The molecule has 4 nitrogen and oxygen atoms in total. The summed E-state index contributed by atoms with van der Waals surface area (Å²) < 4.78 is 25.9. The molecule has 0 spiro atoms. The second kappa shape index (κ2) is 5.14. The second-order valence-corrected chi connectivity index (χ2v) is 6.29. The zero-order valence-corrected chi connectivity index (χ0v) is 11.1. The number of hydrogen-bond donors (Lipinski definition) is 0. The molecule has 0 N–H and O–H groups in total. The molecule has 90 valence electrons. The van der Waals surface area contributed by atoms with Crippen LogP contribution in [-0.2, 0) is 16.8 Å². The van der Waals surface area contributed by atoms with Crippen LogP contribution in [0.5, 0.6) is 0 Å². The predicted molar refractivity (Wildman–Crippen MR) is 65.5 cm³/mol. The lowest BCUT2D eigenvalue weighted by molar-refractivity contribution is 0.414. The molecule has 1 aromatic rings. The third kappa shape index (κ3) is 2.95. The van der Waals surface area contributed by atoms with Gasteiger partial charge >= 0.3 is 0 Å². The van der Waals surface area contributed by atoms with Crippen LogP contribution in [0.15, 0.2) is 24.3 Å². The molecule has 6 heteroatoms. The fraction of sp³-hybridized carbons (Fsp3) is 0.400. The highest BCUT2D eigenvalue weighted by Gasteiger charge is 2.20. The number of rotatable bonds is 4. The van der Waals surface area contributed by atoms with Crippen molar-refractivity contribution in [3.8, 4) is 0 Å². The number of hydrogen-bond acceptors (Lipinski definition) is 2. The zero-order valence-electron chi connectivity index (χ0n) is 9.51. The van der Waals surface area contributed by atoms with E-state index in [4.69, 9.17) is 11.6 Å². The summed E-state index contributed by atoms with van der Waals surface area (Å²) in [5, 5.41) is 0.573. The number of benzene rings is 1. The van der Waals surface area contributed by atoms with Gasteiger partial charge in [0.05, 0.1) is 0 Å². The smallest absolute Gasteiger partial charge is 0.195 e. The van der Waals surface area contributed by atoms with E-state index >= 15 is 0 Å². The van der Waals surface area contributed by atoms with Crippen molar-refractivity contribution in [3.63, 3.8) is 0 Å². The van der Waals surface area contributed by atoms with Crippen LogP contribution in [0.2, 0.25) is 5.02 Å². The van der Waals surface area contributed by atoms with Gasteiger partial charge in [-0.25, -0.2) is 0 Å². The monoisotopic (exact) mass is 262 g/mol. The van der Waals surface area contributed by atoms with Crippen LogP contribution in [0.4, 0.5) is 0 Å². The van der Waals surface area contributed by atoms with Gasteiger partial charge in [-0.15, -0.1) is 0 Å². The number of halogens is 1. The first-order valence-corrected chi connectivity index (χ1v) is 6.50. The molecule has 0 aliphatic heterocycles. The summed E-state index contributed by atoms with van der Waals surface area (Å²) in [6.45, 7) is 0.264. The van der Waals surface area contributed by atoms with Gasteiger partial charge in [-0.2, -0.15) is 17.0 Å². The summed E-state index contributed by atoms with van der Waals surface area (Å²) in [6, 6.07) is 7.20. The Morgan fingerprint density at radius 3 is 2.25 bits per heavy atom. The third-order valence-corrected chi connectivity index (χ3v) is 4.41. The van der Waals surface area contributed by atoms with E-state index < -0.39 is 10.2 Å². The van der Waals surface area contributed by atoms with E-state index in [0.29, 0.717) is 5.02 Å². The average molecular weight is 263 g/mol. The molecule has 0 aliphatic carbocycles. The minimum atomic E-state index is -3.38. The molecule has 0 atom stereocenters. The maximum Gasteiger partial charge on any atom is 0.281 e. The average Bonchev–Trinajstić information content (AvgIpc) is 2.21. The van der Waals surface area contributed by atoms with Gasteiger partial charge in [-0.3, -0.25) is 0 Å². The van der Waals surface area contributed by atoms with Gasteiger partial charge in [-0.1, -0.05) is 29.8 Å². The Labute approximate surface area is 102 Å². The third-order valence-electron chi connectivity index (χ3n) is 2.21. The fourth-order valence-corrected chi connectivity index (χ4v) is 2.28. The van der Waals surface area contributed by atoms with Crippen molar-refractivity contribution in [2.75, 3.05) is 21.1 Å². The first kappa shape index (κ1) is 13.4. The van der Waals surface area contributed by atoms with Gasteiger partial charge in [-0.05, 0) is 11.6 Å². The SMILES string of the molecule is CN(C)S(=O)(=O)N(C)Cc1ccccc1Cl. The topological polar surface area (TPSA) is 40.6 Å². The molecule has 0 aliphatic rings. The van der Waals surface area contributed by atoms with E-state index in [1.54, 1.807) is 6.07 Å². The van der Waals surface area contributed by atoms with Crippen LogP contribution in [0.3, 0.4) is 0 Å². The van der Waals surface area contributed by atoms with E-state index in [9.17, 15) is 8.42 Å². The minimum absolute atomic E-state index is 0.264. The molecule has 1 aromatic carbocycles. The summed E-state index contributed by atoms with van der Waals surface area (Å²) >= 11 is 5.96. The molecular formula is C10H15ClN2O2S. The Kier molecular flexibility index (Phi) is 4.32. The molecular weight excluding hydrogens is 248 g/mol. The van der Waals surface area contributed by atoms with E-state index in [2.05, 4.69) is 0 Å². The minimum Gasteiger partial charge on any atom is -0.195 e. The number of nitrogens with zero attached hydrogens (tertiary/aromatic N) is 2. The zero-order chi connectivity index (χ0) is 12.3. The van der Waals surface area contributed by atoms with Crippen LogP contribution in [0.1, 0.15) is 5.56 Å². The van der Waals surface area contributed by atoms with E-state index in [1.165, 1.54) is 29.8 Å². The van der Waals surface area contributed by atoms with Crippen LogP contribution in [0, 0.1) is 0 Å². The molecule has 0 amide bonds. The summed E-state index contributed by atoms with van der Waals surface area (Å²) in [6.07, 6.45) is 0. The van der Waals surface area contributed by atoms with Crippen molar-refractivity contribution >= 4 is 21.8 Å². The highest BCUT2D eigenvalue weighted by atomic mass is 35.5. The van der Waals surface area contributed by atoms with Crippen molar-refractivity contribution in [2.45, 2.75) is 6.54 Å². The van der Waals surface area contributed by atoms with Crippen molar-refractivity contribution in [1.82, 2.24) is 8.61 Å². The summed E-state index contributed by atoms with van der Waals surface area (Å²) in [7, 11) is 1.14. The standard InChI is InChI=1S/C10H15ClN2O2S/c1-12(2)16(14,15)13(3)8-9-6-4-5-7-10(9)11/h4-7H,8H2,1-3H3. The van der Waals surface area contributed by atoms with Gasteiger partial charge in [0.1, 0.15) is 0 Å². The maximum absolute atomic E-state index is 11.8. The Bertz CT molecular complexity index is 460. The van der Waals surface area contributed by atoms with Crippen molar-refractivity contribution in [1.29, 1.82) is 0 Å². The summed E-state index contributed by atoms with van der Waals surface area (Å²) in [5.41, 5.74) is 0.789. The lowest BCUT2D eigenvalue weighted by Gasteiger charge is -2.21. The lowest BCUT2D eigenvalue weighted by atomic mass is 10.2. The summed E-state index contributed by atoms with van der Waals surface area (Å²) in [4.78, 5) is 0. The Balaban J connectivity index is 2.88. The molecule has 0 heterocycles. The predicted octanol–water partition coefficient (Wildman–Crippen LogP) is 1.58. The van der Waals surface area contributed by atoms with Crippen molar-refractivity contribution in [3.05, 3.63) is 34.9 Å². The molecule has 16 heavy (non-hydrogen) atoms. The Morgan fingerprint density at radius 2 is 1.75 bits per heavy atom. The second-order valence-electron chi connectivity index (χ2n) is 3.64. The van der Waals surface area contributed by atoms with E-state index in [-0.39, 0.29) is 6.54 Å². The largest absolute Gasteiger partial charge is 0.281 e. The van der Waals surface area contributed by atoms with Gasteiger partial charge in [0.2, 0.25) is 0 Å². The first-order chi connectivity index (χ1) is 7.35. The highest BCUT2D eigenvalue weighted by Crippen LogP contribution is 2.18. The Morgan fingerprint density at radius 1 is 1.19 bits per heavy atom. The molecule has 0 saturated heterocycles. The normalized spacial score (nSPS) is 12.4. The molecule has 1 rings (SSSR count). The van der Waals surface area contributed by atoms with Gasteiger partial charge in [0, 0.05) is 32.7 Å². The van der Waals surface area contributed by atoms with E-state index in [0.717, 1.165) is 5.56 Å². The van der Waals surface area contributed by atoms with E-state index in [1.807, 2.05) is 18.2 Å². The molecule has 0 fully saturated rings. The van der Waals surface area contributed by atoms with Crippen LogP contribution >= 0.6 is 11.6 Å². The van der Waals surface area contributed by atoms with Crippen LogP contribution < -0.4 is 0 Å². The molecule has 0 bridgehead atoms.